The second kappa shape index (κ2) is 18.9. The van der Waals surface area contributed by atoms with Gasteiger partial charge >= 0.3 is 0 Å². The molecule has 72 heavy (non-hydrogen) atoms. The first kappa shape index (κ1) is 48.0. The molecule has 0 radical (unpaired) electrons. The summed E-state index contributed by atoms with van der Waals surface area (Å²) in [6.07, 6.45) is 14.7. The number of rotatable bonds is 12. The molecule has 2 aliphatic rings. The van der Waals surface area contributed by atoms with Gasteiger partial charge in [0.25, 0.3) is 5.82 Å². The lowest BCUT2D eigenvalue weighted by Crippen LogP contribution is -2.53. The Balaban J connectivity index is 1.13. The highest BCUT2D eigenvalue weighted by Crippen LogP contribution is 2.47. The van der Waals surface area contributed by atoms with Crippen LogP contribution < -0.4 is 14.3 Å². The summed E-state index contributed by atoms with van der Waals surface area (Å²) >= 11 is 0. The van der Waals surface area contributed by atoms with Crippen molar-refractivity contribution in [3.63, 3.8) is 0 Å². The molecule has 0 bridgehead atoms. The molecule has 2 atom stereocenters. The highest BCUT2D eigenvalue weighted by Gasteiger charge is 2.42. The van der Waals surface area contributed by atoms with E-state index in [1.165, 1.54) is 127 Å². The number of benzene rings is 6. The van der Waals surface area contributed by atoms with Crippen LogP contribution in [0.2, 0.25) is 19.6 Å². The van der Waals surface area contributed by atoms with E-state index in [-0.39, 0.29) is 23.8 Å². The van der Waals surface area contributed by atoms with Gasteiger partial charge in [0, 0.05) is 38.7 Å². The average Bonchev–Trinajstić information content (AvgIpc) is 3.89. The first-order chi connectivity index (χ1) is 34.7. The molecule has 0 spiro atoms. The topological polar surface area (TPSA) is 25.8 Å². The van der Waals surface area contributed by atoms with Crippen molar-refractivity contribution in [2.75, 3.05) is 0 Å². The van der Waals surface area contributed by atoms with E-state index in [9.17, 15) is 0 Å². The quantitative estimate of drug-likeness (QED) is 0.0681. The van der Waals surface area contributed by atoms with E-state index in [1.54, 1.807) is 10.8 Å². The Morgan fingerprint density at radius 1 is 0.764 bits per heavy atom. The molecule has 3 aromatic heterocycles. The number of allylic oxidation sites excluding steroid dienone is 1. The van der Waals surface area contributed by atoms with E-state index < -0.39 is 8.07 Å². The fourth-order valence-corrected chi connectivity index (χ4v) is 14.8. The minimum atomic E-state index is -1.71. The highest BCUT2D eigenvalue weighted by molar-refractivity contribution is 6.89. The smallest absolute Gasteiger partial charge is 0.299 e. The molecular formula is C67H75N3OSi+2. The molecule has 1 aliphatic carbocycles. The largest absolute Gasteiger partial charge is 0.455 e. The van der Waals surface area contributed by atoms with Crippen LogP contribution in [0.3, 0.4) is 0 Å². The number of hydrogen-bond acceptors (Lipinski definition) is 1. The molecular weight excluding hydrogens is 891 g/mol. The van der Waals surface area contributed by atoms with Crippen molar-refractivity contribution >= 4 is 46.2 Å². The van der Waals surface area contributed by atoms with Gasteiger partial charge in [-0.05, 0) is 132 Å². The molecule has 1 fully saturated rings. The minimum Gasteiger partial charge on any atom is -0.455 e. The summed E-state index contributed by atoms with van der Waals surface area (Å²) in [5.41, 5.74) is 21.5. The molecule has 6 aromatic carbocycles. The third-order valence-electron chi connectivity index (χ3n) is 16.7. The fraction of sp³-hybridized carbons (Fsp3) is 0.343. The van der Waals surface area contributed by atoms with E-state index in [4.69, 9.17) is 4.42 Å². The fourth-order valence-electron chi connectivity index (χ4n) is 13.2. The standard InChI is InChI=1S/C67H75N3OSi/c1-12-57-53(51-27-19-20-28-52(51)60-40-50(37-46-23-15-13-16-24-46)62(41-69(57)60)72(9,10)11)34-32-48-36-45(7)63-54-33-31-44(6)35-61(54)71-66(63)64(48)67-68(8)58-29-21-22-30-59(58)70(67)65-55(42(2)3)38-49(39-56(65)43(4)5)47-25-17-14-18-26-47/h12,14,17-22,25-31,33,35-36,38-43,46,53,57H,1,13,15-16,23-24,32,34,37H2,2-11H3/q+2. The van der Waals surface area contributed by atoms with Crippen LogP contribution in [-0.4, -0.2) is 12.6 Å². The SMILES string of the molecule is C=CC1C(CCc2cc(C)c3c(oc4cc(C)ccc43)c2-c2n(-c3c(C(C)C)cc(-c4ccccc4)cc3C(C)C)c3ccccc3[n+]2C)c2ccccc2-c2cc(CC3CCCCC3)c([Si](C)(C)C)c[n+]21. The molecule has 11 rings (SSSR count). The monoisotopic (exact) mass is 966 g/mol. The van der Waals surface area contributed by atoms with Crippen molar-refractivity contribution in [3.05, 3.63) is 179 Å². The Bertz CT molecular complexity index is 3510. The maximum Gasteiger partial charge on any atom is 0.299 e. The lowest BCUT2D eigenvalue weighted by molar-refractivity contribution is -0.706. The van der Waals surface area contributed by atoms with Gasteiger partial charge in [-0.15, -0.1) is 0 Å². The Kier molecular flexibility index (Phi) is 12.6. The van der Waals surface area contributed by atoms with E-state index in [0.717, 1.165) is 35.7 Å². The number of furan rings is 1. The normalized spacial score (nSPS) is 16.3. The van der Waals surface area contributed by atoms with Gasteiger partial charge in [0.1, 0.15) is 16.8 Å². The van der Waals surface area contributed by atoms with Crippen molar-refractivity contribution in [2.24, 2.45) is 13.0 Å². The third-order valence-corrected chi connectivity index (χ3v) is 18.8. The summed E-state index contributed by atoms with van der Waals surface area (Å²) in [5, 5.41) is 3.99. The van der Waals surface area contributed by atoms with Gasteiger partial charge in [0.2, 0.25) is 5.69 Å². The summed E-state index contributed by atoms with van der Waals surface area (Å²) < 4.78 is 15.0. The Hall–Kier alpha value is -6.30. The molecule has 4 nitrogen and oxygen atoms in total. The maximum absolute atomic E-state index is 7.32. The van der Waals surface area contributed by atoms with Crippen LogP contribution in [-0.2, 0) is 19.9 Å². The van der Waals surface area contributed by atoms with Gasteiger partial charge in [-0.25, -0.2) is 4.57 Å². The zero-order chi connectivity index (χ0) is 50.2. The number of aromatic nitrogens is 3. The summed E-state index contributed by atoms with van der Waals surface area (Å²) in [5.74, 6) is 2.69. The first-order valence-electron chi connectivity index (χ1n) is 27.2. The zero-order valence-corrected chi connectivity index (χ0v) is 45.7. The van der Waals surface area contributed by atoms with Crippen molar-refractivity contribution in [1.82, 2.24) is 4.57 Å². The molecule has 1 saturated carbocycles. The van der Waals surface area contributed by atoms with Crippen LogP contribution in [0, 0.1) is 19.8 Å². The number of para-hydroxylation sites is 2. The number of nitrogens with zero attached hydrogens (tertiary/aromatic N) is 3. The van der Waals surface area contributed by atoms with Crippen LogP contribution in [0.25, 0.3) is 72.4 Å². The Morgan fingerprint density at radius 2 is 1.46 bits per heavy atom. The van der Waals surface area contributed by atoms with Crippen molar-refractivity contribution in [3.8, 4) is 39.5 Å². The van der Waals surface area contributed by atoms with Crippen LogP contribution in [0.4, 0.5) is 0 Å². The van der Waals surface area contributed by atoms with E-state index >= 15 is 0 Å². The molecule has 5 heteroatoms. The van der Waals surface area contributed by atoms with Gasteiger partial charge in [-0.1, -0.05) is 165 Å². The molecule has 2 unspecified atom stereocenters. The zero-order valence-electron chi connectivity index (χ0n) is 44.7. The van der Waals surface area contributed by atoms with E-state index in [1.807, 2.05) is 0 Å². The van der Waals surface area contributed by atoms with Gasteiger partial charge in [0.05, 0.1) is 21.0 Å². The molecule has 366 valence electrons. The Morgan fingerprint density at radius 3 is 2.17 bits per heavy atom. The number of imidazole rings is 1. The molecule has 0 saturated heterocycles. The summed E-state index contributed by atoms with van der Waals surface area (Å²) in [6, 6.07) is 46.2. The highest BCUT2D eigenvalue weighted by atomic mass is 28.3. The Labute approximate surface area is 430 Å². The molecule has 0 N–H and O–H groups in total. The predicted molar refractivity (Wildman–Crippen MR) is 306 cm³/mol. The maximum atomic E-state index is 7.32. The molecule has 0 amide bonds. The summed E-state index contributed by atoms with van der Waals surface area (Å²) in [4.78, 5) is 0. The molecule has 9 aromatic rings. The van der Waals surface area contributed by atoms with Crippen molar-refractivity contribution < 1.29 is 13.6 Å². The van der Waals surface area contributed by atoms with Crippen LogP contribution >= 0.6 is 0 Å². The lowest BCUT2D eigenvalue weighted by Gasteiger charge is -2.32. The number of hydrogen-bond donors (Lipinski definition) is 0. The summed E-state index contributed by atoms with van der Waals surface area (Å²) in [6.45, 7) is 26.2. The summed E-state index contributed by atoms with van der Waals surface area (Å²) in [7, 11) is 0.563. The van der Waals surface area contributed by atoms with Gasteiger partial charge in [-0.3, -0.25) is 0 Å². The first-order valence-corrected chi connectivity index (χ1v) is 30.7. The van der Waals surface area contributed by atoms with Gasteiger partial charge in [-0.2, -0.15) is 9.13 Å². The third kappa shape index (κ3) is 8.30. The number of pyridine rings is 1. The predicted octanol–water partition coefficient (Wildman–Crippen LogP) is 16.6. The molecule has 4 heterocycles. The van der Waals surface area contributed by atoms with Crippen LogP contribution in [0.1, 0.15) is 129 Å². The van der Waals surface area contributed by atoms with Gasteiger partial charge in [0.15, 0.2) is 28.9 Å². The van der Waals surface area contributed by atoms with E-state index in [0.29, 0.717) is 0 Å². The number of aryl methyl sites for hydroxylation is 4. The van der Waals surface area contributed by atoms with Crippen LogP contribution in [0.5, 0.6) is 0 Å². The van der Waals surface area contributed by atoms with Crippen molar-refractivity contribution in [1.29, 1.82) is 0 Å². The lowest BCUT2D eigenvalue weighted by atomic mass is 9.78. The molecule has 1 aliphatic heterocycles. The second-order valence-electron chi connectivity index (χ2n) is 23.3. The average molecular weight is 966 g/mol. The second-order valence-corrected chi connectivity index (χ2v) is 28.4. The minimum absolute atomic E-state index is 0.115. The van der Waals surface area contributed by atoms with Crippen molar-refractivity contribution in [2.45, 2.75) is 136 Å². The van der Waals surface area contributed by atoms with Gasteiger partial charge < -0.3 is 4.42 Å². The van der Waals surface area contributed by atoms with Crippen LogP contribution in [0.15, 0.2) is 145 Å². The van der Waals surface area contributed by atoms with E-state index in [2.05, 4.69) is 222 Å². The number of fused-ring (bicyclic) bond motifs is 7.